The van der Waals surface area contributed by atoms with Crippen LogP contribution in [0.25, 0.3) is 0 Å². The minimum atomic E-state index is -2.85. The van der Waals surface area contributed by atoms with Gasteiger partial charge in [0.1, 0.15) is 0 Å². The Morgan fingerprint density at radius 1 is 0.450 bits per heavy atom. The van der Waals surface area contributed by atoms with Crippen LogP contribution in [-0.2, 0) is 0 Å². The molecule has 0 amide bonds. The third kappa shape index (κ3) is 36.0. The van der Waals surface area contributed by atoms with Crippen LogP contribution in [-0.4, -0.2) is 0 Å². The Labute approximate surface area is 121 Å². The van der Waals surface area contributed by atoms with Crippen LogP contribution in [0.1, 0.15) is 0 Å². The van der Waals surface area contributed by atoms with Gasteiger partial charge in [-0.3, -0.25) is 0 Å². The molecule has 0 aliphatic rings. The first-order valence-corrected chi connectivity index (χ1v) is 6.60. The van der Waals surface area contributed by atoms with Gasteiger partial charge in [0.05, 0.1) is 21.6 Å². The van der Waals surface area contributed by atoms with Gasteiger partial charge >= 0.3 is 0 Å². The van der Waals surface area contributed by atoms with Gasteiger partial charge < -0.3 is 28.0 Å². The summed E-state index contributed by atoms with van der Waals surface area (Å²) < 4.78 is 50.4. The van der Waals surface area contributed by atoms with Gasteiger partial charge in [0, 0.05) is 24.3 Å². The van der Waals surface area contributed by atoms with Crippen molar-refractivity contribution in [2.45, 2.75) is 0 Å². The van der Waals surface area contributed by atoms with Crippen molar-refractivity contribution in [3.8, 4) is 0 Å². The highest BCUT2D eigenvalue weighted by Gasteiger charge is 1.66. The monoisotopic (exact) mass is 326 g/mol. The molecule has 2 aromatic heterocycles. The number of aromatic amines is 2. The van der Waals surface area contributed by atoms with Crippen molar-refractivity contribution in [3.63, 3.8) is 0 Å². The Morgan fingerprint density at radius 2 is 0.650 bits per heavy atom. The highest BCUT2D eigenvalue weighted by molar-refractivity contribution is 4.83. The van der Waals surface area contributed by atoms with Gasteiger partial charge in [-0.1, -0.05) is 12.1 Å². The van der Waals surface area contributed by atoms with Gasteiger partial charge in [-0.15, -0.1) is 0 Å². The molecular weight excluding hydrogens is 315 g/mol. The number of hydrogen-bond acceptors (Lipinski definition) is 6. The highest BCUT2D eigenvalue weighted by Crippen LogP contribution is 1.69. The lowest BCUT2D eigenvalue weighted by atomic mass is 10.5. The summed E-state index contributed by atoms with van der Waals surface area (Å²) in [5.74, 6) is 0. The van der Waals surface area contributed by atoms with Crippen molar-refractivity contribution in [3.05, 3.63) is 61.2 Å². The molecular formula is C10H12Cl2N2O6. The molecule has 0 saturated carbocycles. The summed E-state index contributed by atoms with van der Waals surface area (Å²) in [6.45, 7) is 0. The topological polar surface area (TPSA) is 167 Å². The molecule has 2 N–H and O–H groups in total. The van der Waals surface area contributed by atoms with Gasteiger partial charge in [0.2, 0.25) is 0 Å². The van der Waals surface area contributed by atoms with E-state index < -0.39 is 21.6 Å². The predicted octanol–water partition coefficient (Wildman–Crippen LogP) is -6.13. The molecule has 0 fully saturated rings. The maximum atomic E-state index is 8.41. The molecule has 0 unspecified atom stereocenters. The van der Waals surface area contributed by atoms with E-state index in [9.17, 15) is 0 Å². The molecule has 0 atom stereocenters. The van der Waals surface area contributed by atoms with Crippen LogP contribution in [0.5, 0.6) is 0 Å². The average Bonchev–Trinajstić information content (AvgIpc) is 2.42. The quantitative estimate of drug-likeness (QED) is 0.466. The summed E-state index contributed by atoms with van der Waals surface area (Å²) in [6, 6.07) is 11.7. The van der Waals surface area contributed by atoms with Crippen molar-refractivity contribution in [2.75, 3.05) is 0 Å². The van der Waals surface area contributed by atoms with E-state index in [4.69, 9.17) is 28.0 Å². The average molecular weight is 327 g/mol. The third-order valence-electron chi connectivity index (χ3n) is 1.21. The Kier molecular flexibility index (Phi) is 18.5. The summed E-state index contributed by atoms with van der Waals surface area (Å²) >= 11 is 0. The van der Waals surface area contributed by atoms with E-state index in [0.717, 1.165) is 0 Å². The first-order valence-electron chi connectivity index (χ1n) is 4.75. The molecule has 8 nitrogen and oxygen atoms in total. The zero-order valence-electron chi connectivity index (χ0n) is 9.98. The number of pyridine rings is 2. The Bertz CT molecular complexity index is 272. The summed E-state index contributed by atoms with van der Waals surface area (Å²) in [5, 5.41) is 0. The van der Waals surface area contributed by atoms with Crippen LogP contribution in [0.3, 0.4) is 0 Å². The van der Waals surface area contributed by atoms with Crippen LogP contribution in [0.4, 0.5) is 0 Å². The second kappa shape index (κ2) is 17.6. The molecule has 0 bridgehead atoms. The van der Waals surface area contributed by atoms with Crippen LogP contribution in [0.15, 0.2) is 61.2 Å². The number of halogens is 2. The maximum Gasteiger partial charge on any atom is 0.166 e. The number of H-pyrrole nitrogens is 2. The normalized spacial score (nSPS) is 8.40. The van der Waals surface area contributed by atoms with E-state index in [1.165, 1.54) is 0 Å². The van der Waals surface area contributed by atoms with E-state index >= 15 is 0 Å². The summed E-state index contributed by atoms with van der Waals surface area (Å²) in [6.07, 6.45) is 7.50. The van der Waals surface area contributed by atoms with E-state index in [0.29, 0.717) is 0 Å². The Balaban J connectivity index is 0. The standard InChI is InChI=1S/2C5H5N.2ClO3/c2*1-2-4-6-5-3-1;2*2-1(3)4/h2*1-5H;;/q;;2*-1/p+2. The first kappa shape index (κ1) is 20.9. The Morgan fingerprint density at radius 3 is 0.700 bits per heavy atom. The number of hydrogen-bond donors (Lipinski definition) is 0. The largest absolute Gasteiger partial charge is 0.357 e. The highest BCUT2D eigenvalue weighted by atomic mass is 35.6. The van der Waals surface area contributed by atoms with E-state index in [2.05, 4.69) is 9.97 Å². The first-order chi connectivity index (χ1) is 9.46. The summed E-state index contributed by atoms with van der Waals surface area (Å²) in [4.78, 5) is 5.78. The molecule has 0 aliphatic carbocycles. The maximum absolute atomic E-state index is 8.41. The second-order valence-corrected chi connectivity index (χ2v) is 3.29. The van der Waals surface area contributed by atoms with Crippen molar-refractivity contribution < 1.29 is 59.5 Å². The lowest BCUT2D eigenvalue weighted by Gasteiger charge is -1.89. The number of nitrogens with one attached hydrogen (secondary N) is 2. The van der Waals surface area contributed by atoms with E-state index in [1.54, 1.807) is 0 Å². The molecule has 2 aromatic rings. The lowest BCUT2D eigenvalue weighted by molar-refractivity contribution is -1.73. The van der Waals surface area contributed by atoms with E-state index in [-0.39, 0.29) is 0 Å². The van der Waals surface area contributed by atoms with Crippen LogP contribution in [0, 0.1) is 21.6 Å². The molecule has 0 aliphatic heterocycles. The molecule has 2 rings (SSSR count). The molecule has 0 spiro atoms. The van der Waals surface area contributed by atoms with Crippen LogP contribution >= 0.6 is 0 Å². The van der Waals surface area contributed by atoms with Crippen molar-refractivity contribution in [1.82, 2.24) is 0 Å². The molecule has 2 heterocycles. The fourth-order valence-electron chi connectivity index (χ4n) is 0.684. The molecule has 0 aromatic carbocycles. The molecule has 20 heavy (non-hydrogen) atoms. The summed E-state index contributed by atoms with van der Waals surface area (Å²) in [5.41, 5.74) is 0. The third-order valence-corrected chi connectivity index (χ3v) is 1.21. The fraction of sp³-hybridized carbons (Fsp3) is 0. The minimum Gasteiger partial charge on any atom is -0.357 e. The van der Waals surface area contributed by atoms with Gasteiger partial charge in [-0.05, 0) is 0 Å². The Hall–Kier alpha value is -1.36. The van der Waals surface area contributed by atoms with Gasteiger partial charge in [-0.25, -0.2) is 9.97 Å². The minimum absolute atomic E-state index is 1.88. The van der Waals surface area contributed by atoms with Gasteiger partial charge in [-0.2, -0.15) is 0 Å². The zero-order valence-corrected chi connectivity index (χ0v) is 11.5. The zero-order chi connectivity index (χ0) is 15.6. The van der Waals surface area contributed by atoms with Crippen molar-refractivity contribution >= 4 is 0 Å². The summed E-state index contributed by atoms with van der Waals surface area (Å²) in [7, 11) is -5.70. The lowest BCUT2D eigenvalue weighted by Crippen LogP contribution is -2.43. The predicted molar refractivity (Wildman–Crippen MR) is 46.0 cm³/mol. The number of aromatic nitrogens is 2. The van der Waals surface area contributed by atoms with Gasteiger partial charge in [0.15, 0.2) is 24.8 Å². The molecule has 0 saturated heterocycles. The molecule has 112 valence electrons. The van der Waals surface area contributed by atoms with Gasteiger partial charge in [0.25, 0.3) is 0 Å². The second-order valence-electron chi connectivity index (χ2n) is 2.53. The van der Waals surface area contributed by atoms with Crippen molar-refractivity contribution in [1.29, 1.82) is 0 Å². The van der Waals surface area contributed by atoms with E-state index in [1.807, 2.05) is 61.2 Å². The van der Waals surface area contributed by atoms with Crippen molar-refractivity contribution in [2.24, 2.45) is 0 Å². The molecule has 10 heteroatoms. The fourth-order valence-corrected chi connectivity index (χ4v) is 0.684. The SMILES string of the molecule is [O-][Cl+2]([O-])[O-].[O-][Cl+2]([O-])[O-].c1cc[nH+]cc1.c1cc[nH+]cc1. The molecule has 0 radical (unpaired) electrons. The van der Waals surface area contributed by atoms with Crippen LogP contribution in [0.2, 0.25) is 0 Å². The number of rotatable bonds is 0. The van der Waals surface area contributed by atoms with Crippen LogP contribution < -0.4 is 37.9 Å². The smallest absolute Gasteiger partial charge is 0.166 e.